The molecular weight excluding hydrogens is 158 g/mol. The summed E-state index contributed by atoms with van der Waals surface area (Å²) in [5.41, 5.74) is 0.852. The third kappa shape index (κ3) is 1.66. The maximum absolute atomic E-state index is 10.8. The van der Waals surface area contributed by atoms with Gasteiger partial charge in [-0.2, -0.15) is 0 Å². The van der Waals surface area contributed by atoms with Crippen LogP contribution in [0.15, 0.2) is 18.3 Å². The second kappa shape index (κ2) is 3.13. The Bertz CT molecular complexity index is 316. The fraction of sp³-hybridized carbons (Fsp3) is 0.125. The van der Waals surface area contributed by atoms with Crippen LogP contribution in [-0.4, -0.2) is 21.8 Å². The predicted molar refractivity (Wildman–Crippen MR) is 40.9 cm³/mol. The van der Waals surface area contributed by atoms with Gasteiger partial charge in [0.2, 0.25) is 0 Å². The summed E-state index contributed by atoms with van der Waals surface area (Å²) in [6, 6.07) is 3.04. The zero-order chi connectivity index (χ0) is 9.14. The minimum Gasteiger partial charge on any atom is -0.475 e. The standard InChI is InChI=1S/C8H7NO3/c1-5-2-3-6(9-4-5)7(10)8(11)12/h2-4H,1H3,(H,11,12). The second-order valence-corrected chi connectivity index (χ2v) is 2.36. The van der Waals surface area contributed by atoms with E-state index in [0.717, 1.165) is 5.56 Å². The Hall–Kier alpha value is -1.71. The fourth-order valence-corrected chi connectivity index (χ4v) is 0.712. The summed E-state index contributed by atoms with van der Waals surface area (Å²) < 4.78 is 0. The molecule has 62 valence electrons. The number of rotatable bonds is 2. The highest BCUT2D eigenvalue weighted by molar-refractivity contribution is 6.39. The second-order valence-electron chi connectivity index (χ2n) is 2.36. The van der Waals surface area contributed by atoms with E-state index in [1.807, 2.05) is 6.92 Å². The van der Waals surface area contributed by atoms with Crippen molar-refractivity contribution >= 4 is 11.8 Å². The lowest BCUT2D eigenvalue weighted by atomic mass is 10.2. The normalized spacial score (nSPS) is 9.42. The van der Waals surface area contributed by atoms with Gasteiger partial charge in [-0.1, -0.05) is 6.07 Å². The van der Waals surface area contributed by atoms with Crippen LogP contribution >= 0.6 is 0 Å². The van der Waals surface area contributed by atoms with E-state index in [1.54, 1.807) is 6.07 Å². The van der Waals surface area contributed by atoms with E-state index in [0.29, 0.717) is 0 Å². The van der Waals surface area contributed by atoms with Crippen LogP contribution in [0.3, 0.4) is 0 Å². The number of pyridine rings is 1. The lowest BCUT2D eigenvalue weighted by molar-refractivity contribution is -0.131. The molecule has 1 aromatic rings. The molecule has 1 heterocycles. The number of aryl methyl sites for hydroxylation is 1. The minimum atomic E-state index is -1.48. The molecule has 0 radical (unpaired) electrons. The fourth-order valence-electron chi connectivity index (χ4n) is 0.712. The Morgan fingerprint density at radius 3 is 2.50 bits per heavy atom. The van der Waals surface area contributed by atoms with Crippen LogP contribution in [0.5, 0.6) is 0 Å². The Kier molecular flexibility index (Phi) is 2.19. The smallest absolute Gasteiger partial charge is 0.378 e. The minimum absolute atomic E-state index is 0.0342. The van der Waals surface area contributed by atoms with E-state index < -0.39 is 11.8 Å². The number of hydrogen-bond donors (Lipinski definition) is 1. The average Bonchev–Trinajstić information content (AvgIpc) is 2.04. The summed E-state index contributed by atoms with van der Waals surface area (Å²) in [4.78, 5) is 24.7. The van der Waals surface area contributed by atoms with Crippen molar-refractivity contribution in [2.45, 2.75) is 6.92 Å². The number of carboxylic acids is 1. The topological polar surface area (TPSA) is 67.3 Å². The molecule has 0 fully saturated rings. The van der Waals surface area contributed by atoms with Crippen LogP contribution in [0.4, 0.5) is 0 Å². The Morgan fingerprint density at radius 2 is 2.08 bits per heavy atom. The third-order valence-corrected chi connectivity index (χ3v) is 1.34. The summed E-state index contributed by atoms with van der Waals surface area (Å²) in [5, 5.41) is 8.32. The van der Waals surface area contributed by atoms with Gasteiger partial charge in [0.25, 0.3) is 5.78 Å². The molecule has 0 amide bonds. The molecule has 0 spiro atoms. The van der Waals surface area contributed by atoms with Gasteiger partial charge in [0.05, 0.1) is 0 Å². The zero-order valence-electron chi connectivity index (χ0n) is 6.44. The van der Waals surface area contributed by atoms with Gasteiger partial charge in [0, 0.05) is 6.20 Å². The molecule has 0 saturated carbocycles. The molecule has 0 aliphatic heterocycles. The Labute approximate surface area is 68.9 Å². The molecule has 12 heavy (non-hydrogen) atoms. The average molecular weight is 165 g/mol. The number of aromatic nitrogens is 1. The van der Waals surface area contributed by atoms with Crippen molar-refractivity contribution in [3.8, 4) is 0 Å². The maximum Gasteiger partial charge on any atom is 0.378 e. The number of carbonyl (C=O) groups is 2. The summed E-state index contributed by atoms with van der Waals surface area (Å²) in [5.74, 6) is -2.46. The Balaban J connectivity index is 2.98. The molecule has 0 aromatic carbocycles. The number of nitrogens with zero attached hydrogens (tertiary/aromatic N) is 1. The van der Waals surface area contributed by atoms with Crippen molar-refractivity contribution in [2.24, 2.45) is 0 Å². The maximum atomic E-state index is 10.8. The molecule has 0 unspecified atom stereocenters. The van der Waals surface area contributed by atoms with Crippen molar-refractivity contribution in [2.75, 3.05) is 0 Å². The molecule has 1 rings (SSSR count). The van der Waals surface area contributed by atoms with Crippen molar-refractivity contribution in [3.05, 3.63) is 29.6 Å². The number of carbonyl (C=O) groups excluding carboxylic acids is 1. The highest BCUT2D eigenvalue weighted by atomic mass is 16.4. The molecule has 0 atom stereocenters. The first-order valence-electron chi connectivity index (χ1n) is 3.31. The van der Waals surface area contributed by atoms with Gasteiger partial charge in [-0.25, -0.2) is 4.79 Å². The molecular formula is C8H7NO3. The first kappa shape index (κ1) is 8.39. The number of Topliss-reactive ketones (excluding diaryl/α,β-unsaturated/α-hetero) is 1. The van der Waals surface area contributed by atoms with Gasteiger partial charge in [-0.3, -0.25) is 9.78 Å². The highest BCUT2D eigenvalue weighted by Gasteiger charge is 2.14. The molecule has 0 bridgehead atoms. The van der Waals surface area contributed by atoms with Gasteiger partial charge in [-0.05, 0) is 18.6 Å². The van der Waals surface area contributed by atoms with Gasteiger partial charge >= 0.3 is 5.97 Å². The molecule has 1 aromatic heterocycles. The van der Waals surface area contributed by atoms with Crippen molar-refractivity contribution < 1.29 is 14.7 Å². The first-order valence-corrected chi connectivity index (χ1v) is 3.31. The summed E-state index contributed by atoms with van der Waals surface area (Å²) in [7, 11) is 0. The molecule has 0 aliphatic rings. The SMILES string of the molecule is Cc1ccc(C(=O)C(=O)O)nc1. The van der Waals surface area contributed by atoms with Gasteiger partial charge in [0.1, 0.15) is 5.69 Å². The molecule has 0 saturated heterocycles. The number of ketones is 1. The molecule has 4 heteroatoms. The quantitative estimate of drug-likeness (QED) is 0.516. The molecule has 1 N–H and O–H groups in total. The van der Waals surface area contributed by atoms with Crippen LogP contribution in [0.1, 0.15) is 16.1 Å². The van der Waals surface area contributed by atoms with E-state index in [4.69, 9.17) is 5.11 Å². The van der Waals surface area contributed by atoms with Gasteiger partial charge < -0.3 is 5.11 Å². The monoisotopic (exact) mass is 165 g/mol. The summed E-state index contributed by atoms with van der Waals surface area (Å²) in [6.07, 6.45) is 1.45. The summed E-state index contributed by atoms with van der Waals surface area (Å²) in [6.45, 7) is 1.81. The van der Waals surface area contributed by atoms with Crippen LogP contribution in [-0.2, 0) is 4.79 Å². The Morgan fingerprint density at radius 1 is 1.42 bits per heavy atom. The van der Waals surface area contributed by atoms with Crippen LogP contribution in [0, 0.1) is 6.92 Å². The van der Waals surface area contributed by atoms with E-state index in [9.17, 15) is 9.59 Å². The van der Waals surface area contributed by atoms with Crippen molar-refractivity contribution in [3.63, 3.8) is 0 Å². The lowest BCUT2D eigenvalue weighted by Gasteiger charge is -1.94. The zero-order valence-corrected chi connectivity index (χ0v) is 6.44. The van der Waals surface area contributed by atoms with Crippen molar-refractivity contribution in [1.82, 2.24) is 4.98 Å². The van der Waals surface area contributed by atoms with E-state index in [2.05, 4.69) is 4.98 Å². The number of hydrogen-bond acceptors (Lipinski definition) is 3. The van der Waals surface area contributed by atoms with E-state index in [1.165, 1.54) is 12.3 Å². The van der Waals surface area contributed by atoms with Gasteiger partial charge in [0.15, 0.2) is 0 Å². The highest BCUT2D eigenvalue weighted by Crippen LogP contribution is 1.99. The van der Waals surface area contributed by atoms with Crippen LogP contribution in [0.25, 0.3) is 0 Å². The first-order chi connectivity index (χ1) is 5.61. The van der Waals surface area contributed by atoms with E-state index in [-0.39, 0.29) is 5.69 Å². The predicted octanol–water partition coefficient (Wildman–Crippen LogP) is 0.657. The van der Waals surface area contributed by atoms with E-state index >= 15 is 0 Å². The van der Waals surface area contributed by atoms with Crippen LogP contribution in [0.2, 0.25) is 0 Å². The molecule has 0 aliphatic carbocycles. The lowest BCUT2D eigenvalue weighted by Crippen LogP contribution is -2.14. The van der Waals surface area contributed by atoms with Crippen molar-refractivity contribution in [1.29, 1.82) is 0 Å². The van der Waals surface area contributed by atoms with Gasteiger partial charge in [-0.15, -0.1) is 0 Å². The number of carboxylic acid groups (broad SMARTS) is 1. The largest absolute Gasteiger partial charge is 0.475 e. The molecule has 4 nitrogen and oxygen atoms in total. The summed E-state index contributed by atoms with van der Waals surface area (Å²) >= 11 is 0. The number of aliphatic carboxylic acids is 1. The third-order valence-electron chi connectivity index (χ3n) is 1.34. The van der Waals surface area contributed by atoms with Crippen LogP contribution < -0.4 is 0 Å².